The second-order valence-electron chi connectivity index (χ2n) is 4.68. The third kappa shape index (κ3) is 4.79. The van der Waals surface area contributed by atoms with Crippen LogP contribution in [0.1, 0.15) is 33.6 Å². The van der Waals surface area contributed by atoms with Crippen LogP contribution in [0.5, 0.6) is 0 Å². The minimum Gasteiger partial charge on any atom is -0.431 e. The molecule has 1 saturated carbocycles. The molecular weight excluding hydrogens is 231 g/mol. The van der Waals surface area contributed by atoms with E-state index >= 15 is 0 Å². The summed E-state index contributed by atoms with van der Waals surface area (Å²) in [7, 11) is 0. The normalized spacial score (nSPS) is 17.1. The molecule has 0 saturated heterocycles. The quantitative estimate of drug-likeness (QED) is 0.436. The molecule has 3 nitrogen and oxygen atoms in total. The zero-order valence-corrected chi connectivity index (χ0v) is 10.4. The van der Waals surface area contributed by atoms with E-state index in [4.69, 9.17) is 0 Å². The zero-order valence-electron chi connectivity index (χ0n) is 9.58. The zero-order chi connectivity index (χ0) is 12.3. The van der Waals surface area contributed by atoms with Crippen LogP contribution in [0.25, 0.3) is 0 Å². The minimum atomic E-state index is -1.02. The molecule has 0 unspecified atom stereocenters. The number of thioether (sulfide) groups is 1. The molecule has 16 heavy (non-hydrogen) atoms. The van der Waals surface area contributed by atoms with Crippen molar-refractivity contribution < 1.29 is 18.7 Å². The van der Waals surface area contributed by atoms with Gasteiger partial charge in [0.15, 0.2) is 0 Å². The molecule has 0 heterocycles. The van der Waals surface area contributed by atoms with Crippen molar-refractivity contribution in [2.75, 3.05) is 0 Å². The number of hydrogen-bond acceptors (Lipinski definition) is 4. The largest absolute Gasteiger partial charge is 0.431 e. The molecule has 1 fully saturated rings. The molecule has 1 aliphatic rings. The lowest BCUT2D eigenvalue weighted by molar-refractivity contribution is -0.139. The summed E-state index contributed by atoms with van der Waals surface area (Å²) in [5, 5.41) is -0.712. The van der Waals surface area contributed by atoms with Gasteiger partial charge in [-0.15, -0.1) is 0 Å². The van der Waals surface area contributed by atoms with Gasteiger partial charge in [-0.3, -0.25) is 9.59 Å². The molecular formula is C11H15FO3S. The van der Waals surface area contributed by atoms with E-state index in [9.17, 15) is 14.0 Å². The van der Waals surface area contributed by atoms with Crippen molar-refractivity contribution in [2.45, 2.75) is 38.4 Å². The molecule has 0 aromatic heterocycles. The van der Waals surface area contributed by atoms with Crippen LogP contribution in [-0.4, -0.2) is 15.8 Å². The number of hydrogen-bond donors (Lipinski definition) is 0. The number of esters is 1. The molecule has 0 aliphatic heterocycles. The standard InChI is InChI=1S/C11H15FO3S/c1-11(2,3)16-10(14)8(12)6-15-9(13)7-4-5-7/h6-7H,4-5H2,1-3H3. The molecule has 0 radical (unpaired) electrons. The summed E-state index contributed by atoms with van der Waals surface area (Å²) in [5.74, 6) is -1.58. The molecule has 1 aliphatic carbocycles. The highest BCUT2D eigenvalue weighted by atomic mass is 32.2. The number of rotatable bonds is 3. The van der Waals surface area contributed by atoms with E-state index in [0.29, 0.717) is 6.26 Å². The Morgan fingerprint density at radius 3 is 2.38 bits per heavy atom. The van der Waals surface area contributed by atoms with Crippen LogP contribution in [0.15, 0.2) is 12.1 Å². The second kappa shape index (κ2) is 4.99. The van der Waals surface area contributed by atoms with E-state index in [1.807, 2.05) is 0 Å². The van der Waals surface area contributed by atoms with Crippen LogP contribution in [0, 0.1) is 5.92 Å². The molecule has 0 spiro atoms. The Hall–Kier alpha value is -0.840. The third-order valence-electron chi connectivity index (χ3n) is 1.78. The predicted octanol–water partition coefficient (Wildman–Crippen LogP) is 2.81. The van der Waals surface area contributed by atoms with Crippen molar-refractivity contribution in [1.82, 2.24) is 0 Å². The van der Waals surface area contributed by atoms with E-state index in [2.05, 4.69) is 4.74 Å². The average molecular weight is 246 g/mol. The van der Waals surface area contributed by atoms with Gasteiger partial charge in [0.2, 0.25) is 5.83 Å². The number of ether oxygens (including phenoxy) is 1. The van der Waals surface area contributed by atoms with E-state index in [1.165, 1.54) is 0 Å². The van der Waals surface area contributed by atoms with Gasteiger partial charge in [0.05, 0.1) is 5.92 Å². The van der Waals surface area contributed by atoms with Gasteiger partial charge >= 0.3 is 5.97 Å². The first kappa shape index (κ1) is 13.2. The van der Waals surface area contributed by atoms with E-state index < -0.39 is 16.9 Å². The van der Waals surface area contributed by atoms with Crippen LogP contribution in [0.2, 0.25) is 0 Å². The van der Waals surface area contributed by atoms with Crippen LogP contribution >= 0.6 is 11.8 Å². The highest BCUT2D eigenvalue weighted by molar-refractivity contribution is 8.15. The topological polar surface area (TPSA) is 43.4 Å². The molecule has 0 bridgehead atoms. The molecule has 0 aromatic carbocycles. The van der Waals surface area contributed by atoms with Crippen molar-refractivity contribution in [3.05, 3.63) is 12.1 Å². The summed E-state index contributed by atoms with van der Waals surface area (Å²) < 4.78 is 17.4. The minimum absolute atomic E-state index is 0.102. The van der Waals surface area contributed by atoms with Crippen LogP contribution < -0.4 is 0 Å². The van der Waals surface area contributed by atoms with Gasteiger partial charge in [-0.05, 0) is 12.8 Å². The third-order valence-corrected chi connectivity index (χ3v) is 2.78. The highest BCUT2D eigenvalue weighted by Gasteiger charge is 2.31. The van der Waals surface area contributed by atoms with Gasteiger partial charge in [0.25, 0.3) is 5.12 Å². The van der Waals surface area contributed by atoms with Crippen molar-refractivity contribution in [3.63, 3.8) is 0 Å². The Bertz CT molecular complexity index is 327. The predicted molar refractivity (Wildman–Crippen MR) is 60.4 cm³/mol. The molecule has 90 valence electrons. The maximum Gasteiger partial charge on any atom is 0.313 e. The smallest absolute Gasteiger partial charge is 0.313 e. The summed E-state index contributed by atoms with van der Waals surface area (Å²) >= 11 is 0.867. The van der Waals surface area contributed by atoms with E-state index in [0.717, 1.165) is 24.6 Å². The van der Waals surface area contributed by atoms with Gasteiger partial charge in [-0.1, -0.05) is 32.5 Å². The Morgan fingerprint density at radius 2 is 1.94 bits per heavy atom. The van der Waals surface area contributed by atoms with Crippen molar-refractivity contribution in [2.24, 2.45) is 5.92 Å². The van der Waals surface area contributed by atoms with Gasteiger partial charge in [-0.25, -0.2) is 0 Å². The fourth-order valence-electron chi connectivity index (χ4n) is 0.900. The fraction of sp³-hybridized carbons (Fsp3) is 0.636. The first-order valence-corrected chi connectivity index (χ1v) is 5.91. The van der Waals surface area contributed by atoms with Gasteiger partial charge in [0.1, 0.15) is 6.26 Å². The molecule has 0 aromatic rings. The van der Waals surface area contributed by atoms with E-state index in [1.54, 1.807) is 20.8 Å². The summed E-state index contributed by atoms with van der Waals surface area (Å²) in [6.45, 7) is 5.41. The van der Waals surface area contributed by atoms with Crippen molar-refractivity contribution in [3.8, 4) is 0 Å². The fourth-order valence-corrected chi connectivity index (χ4v) is 1.60. The molecule has 0 atom stereocenters. The van der Waals surface area contributed by atoms with E-state index in [-0.39, 0.29) is 10.7 Å². The summed E-state index contributed by atoms with van der Waals surface area (Å²) in [6.07, 6.45) is 2.19. The maximum atomic E-state index is 13.2. The second-order valence-corrected chi connectivity index (χ2v) is 6.48. The lowest BCUT2D eigenvalue weighted by atomic mass is 10.3. The Morgan fingerprint density at radius 1 is 1.38 bits per heavy atom. The summed E-state index contributed by atoms with van der Waals surface area (Å²) in [6, 6.07) is 0. The Kier molecular flexibility index (Phi) is 4.13. The summed E-state index contributed by atoms with van der Waals surface area (Å²) in [5.41, 5.74) is 0. The van der Waals surface area contributed by atoms with Crippen LogP contribution in [0.3, 0.4) is 0 Å². The van der Waals surface area contributed by atoms with Gasteiger partial charge in [-0.2, -0.15) is 4.39 Å². The van der Waals surface area contributed by atoms with Crippen molar-refractivity contribution in [1.29, 1.82) is 0 Å². The summed E-state index contributed by atoms with van der Waals surface area (Å²) in [4.78, 5) is 22.4. The van der Waals surface area contributed by atoms with Crippen molar-refractivity contribution >= 4 is 22.8 Å². The number of carbonyl (C=O) groups excluding carboxylic acids is 2. The first-order chi connectivity index (χ1) is 7.29. The average Bonchev–Trinajstić information content (AvgIpc) is 2.93. The number of carbonyl (C=O) groups is 2. The molecule has 0 amide bonds. The monoisotopic (exact) mass is 246 g/mol. The van der Waals surface area contributed by atoms with Crippen LogP contribution in [-0.2, 0) is 14.3 Å². The molecule has 0 N–H and O–H groups in total. The maximum absolute atomic E-state index is 13.2. The molecule has 1 rings (SSSR count). The first-order valence-electron chi connectivity index (χ1n) is 5.09. The molecule has 5 heteroatoms. The van der Waals surface area contributed by atoms with Gasteiger partial charge < -0.3 is 4.74 Å². The highest BCUT2D eigenvalue weighted by Crippen LogP contribution is 2.31. The van der Waals surface area contributed by atoms with Gasteiger partial charge in [0, 0.05) is 4.75 Å². The van der Waals surface area contributed by atoms with Crippen LogP contribution in [0.4, 0.5) is 4.39 Å². The SMILES string of the molecule is CC(C)(C)SC(=O)C(F)=COC(=O)C1CC1. The lowest BCUT2D eigenvalue weighted by Gasteiger charge is -2.14. The Balaban J connectivity index is 2.42. The number of halogens is 1. The lowest BCUT2D eigenvalue weighted by Crippen LogP contribution is -2.12. The Labute approximate surface area is 98.4 Å².